The van der Waals surface area contributed by atoms with Crippen molar-refractivity contribution in [1.82, 2.24) is 9.55 Å². The smallest absolute Gasteiger partial charge is 0.127 e. The molecule has 0 saturated heterocycles. The molecule has 2 nitrogen and oxygen atoms in total. The van der Waals surface area contributed by atoms with Gasteiger partial charge >= 0.3 is 0 Å². The Morgan fingerprint density at radius 3 is 2.78 bits per heavy atom. The molecule has 0 aliphatic carbocycles. The van der Waals surface area contributed by atoms with Crippen LogP contribution in [0.25, 0.3) is 11.0 Å². The molecule has 0 aliphatic rings. The van der Waals surface area contributed by atoms with Crippen LogP contribution in [0.1, 0.15) is 25.0 Å². The molecule has 0 amide bonds. The summed E-state index contributed by atoms with van der Waals surface area (Å²) < 4.78 is 3.31. The van der Waals surface area contributed by atoms with Crippen molar-refractivity contribution in [1.29, 1.82) is 0 Å². The lowest BCUT2D eigenvalue weighted by Gasteiger charge is -2.14. The highest BCUT2D eigenvalue weighted by Crippen LogP contribution is 2.28. The van der Waals surface area contributed by atoms with Gasteiger partial charge in [-0.15, -0.1) is 11.6 Å². The van der Waals surface area contributed by atoms with Gasteiger partial charge in [-0.2, -0.15) is 11.8 Å². The molecular weight excluding hydrogens is 332 g/mol. The lowest BCUT2D eigenvalue weighted by Crippen LogP contribution is -2.12. The van der Waals surface area contributed by atoms with Crippen LogP contribution in [0.4, 0.5) is 0 Å². The average Bonchev–Trinajstić information content (AvgIpc) is 2.67. The number of halogens is 2. The monoisotopic (exact) mass is 346 g/mol. The Kier molecular flexibility index (Phi) is 4.62. The molecule has 0 N–H and O–H groups in total. The predicted molar refractivity (Wildman–Crippen MR) is 84.7 cm³/mol. The summed E-state index contributed by atoms with van der Waals surface area (Å²) in [6.07, 6.45) is 2.13. The molecule has 1 aromatic carbocycles. The van der Waals surface area contributed by atoms with Crippen LogP contribution in [0.3, 0.4) is 0 Å². The molecule has 0 spiro atoms. The molecule has 0 radical (unpaired) electrons. The van der Waals surface area contributed by atoms with Gasteiger partial charge in [-0.05, 0) is 31.4 Å². The van der Waals surface area contributed by atoms with Crippen LogP contribution in [0.15, 0.2) is 22.7 Å². The van der Waals surface area contributed by atoms with Crippen LogP contribution in [0.5, 0.6) is 0 Å². The molecule has 1 heterocycles. The molecule has 0 saturated carbocycles. The van der Waals surface area contributed by atoms with Crippen molar-refractivity contribution in [2.75, 3.05) is 6.26 Å². The van der Waals surface area contributed by atoms with Crippen LogP contribution in [-0.2, 0) is 6.54 Å². The molecule has 2 unspecified atom stereocenters. The third-order valence-corrected chi connectivity index (χ3v) is 4.58. The van der Waals surface area contributed by atoms with E-state index in [1.165, 1.54) is 0 Å². The number of hydrogen-bond acceptors (Lipinski definition) is 2. The zero-order chi connectivity index (χ0) is 13.3. The van der Waals surface area contributed by atoms with Gasteiger partial charge in [0.2, 0.25) is 0 Å². The van der Waals surface area contributed by atoms with E-state index in [0.717, 1.165) is 27.9 Å². The molecule has 2 atom stereocenters. The third-order valence-electron chi connectivity index (χ3n) is 2.94. The highest BCUT2D eigenvalue weighted by Gasteiger charge is 2.16. The van der Waals surface area contributed by atoms with E-state index in [2.05, 4.69) is 44.7 Å². The summed E-state index contributed by atoms with van der Waals surface area (Å²) in [5.74, 6) is 0.950. The zero-order valence-electron chi connectivity index (χ0n) is 10.7. The molecule has 0 aliphatic heterocycles. The first-order valence-corrected chi connectivity index (χ1v) is 8.37. The Hall–Kier alpha value is -0.190. The number of benzene rings is 1. The molecular formula is C13H16BrClN2S. The average molecular weight is 348 g/mol. The van der Waals surface area contributed by atoms with Gasteiger partial charge in [-0.3, -0.25) is 0 Å². The Labute approximate surface area is 125 Å². The van der Waals surface area contributed by atoms with E-state index in [1.807, 2.05) is 30.8 Å². The number of nitrogens with zero attached hydrogens (tertiary/aromatic N) is 2. The topological polar surface area (TPSA) is 17.8 Å². The van der Waals surface area contributed by atoms with Gasteiger partial charge in [0.05, 0.1) is 16.4 Å². The number of imidazole rings is 1. The van der Waals surface area contributed by atoms with Crippen molar-refractivity contribution in [3.63, 3.8) is 0 Å². The van der Waals surface area contributed by atoms with Gasteiger partial charge in [0, 0.05) is 16.3 Å². The number of rotatable bonds is 4. The molecule has 5 heteroatoms. The van der Waals surface area contributed by atoms with Gasteiger partial charge in [0.15, 0.2) is 0 Å². The maximum Gasteiger partial charge on any atom is 0.127 e. The predicted octanol–water partition coefficient (Wildman–Crippen LogP) is 4.85. The second kappa shape index (κ2) is 5.85. The lowest BCUT2D eigenvalue weighted by atomic mass is 10.3. The zero-order valence-corrected chi connectivity index (χ0v) is 13.8. The molecule has 0 bridgehead atoms. The molecule has 98 valence electrons. The first-order chi connectivity index (χ1) is 8.52. The van der Waals surface area contributed by atoms with E-state index in [9.17, 15) is 0 Å². The molecule has 0 fully saturated rings. The Morgan fingerprint density at radius 2 is 2.17 bits per heavy atom. The minimum Gasteiger partial charge on any atom is -0.326 e. The quantitative estimate of drug-likeness (QED) is 0.736. The summed E-state index contributed by atoms with van der Waals surface area (Å²) in [7, 11) is 0. The first kappa shape index (κ1) is 14.2. The van der Waals surface area contributed by atoms with E-state index >= 15 is 0 Å². The number of fused-ring (bicyclic) bond motifs is 1. The summed E-state index contributed by atoms with van der Waals surface area (Å²) >= 11 is 11.6. The summed E-state index contributed by atoms with van der Waals surface area (Å²) in [5, 5.41) is 0.459. The Balaban J connectivity index is 2.57. The third kappa shape index (κ3) is 2.86. The Bertz CT molecular complexity index is 553. The van der Waals surface area contributed by atoms with Crippen LogP contribution >= 0.6 is 39.3 Å². The normalized spacial score (nSPS) is 14.9. The van der Waals surface area contributed by atoms with Crippen molar-refractivity contribution >= 4 is 50.3 Å². The fraction of sp³-hybridized carbons (Fsp3) is 0.462. The van der Waals surface area contributed by atoms with Gasteiger partial charge in [-0.1, -0.05) is 22.9 Å². The van der Waals surface area contributed by atoms with E-state index in [0.29, 0.717) is 5.25 Å². The summed E-state index contributed by atoms with van der Waals surface area (Å²) in [6, 6.07) is 6.15. The van der Waals surface area contributed by atoms with Gasteiger partial charge in [0.25, 0.3) is 0 Å². The SMILES string of the molecule is CSC(C)Cn1c(C(C)Cl)nc2ccc(Br)cc21. The van der Waals surface area contributed by atoms with Gasteiger partial charge in [-0.25, -0.2) is 4.98 Å². The van der Waals surface area contributed by atoms with Crippen molar-refractivity contribution in [2.24, 2.45) is 0 Å². The largest absolute Gasteiger partial charge is 0.326 e. The van der Waals surface area contributed by atoms with E-state index in [1.54, 1.807) is 0 Å². The minimum absolute atomic E-state index is 0.0785. The van der Waals surface area contributed by atoms with Crippen molar-refractivity contribution in [2.45, 2.75) is 31.0 Å². The first-order valence-electron chi connectivity index (χ1n) is 5.85. The molecule has 2 rings (SSSR count). The van der Waals surface area contributed by atoms with Gasteiger partial charge < -0.3 is 4.57 Å². The van der Waals surface area contributed by atoms with Crippen molar-refractivity contribution in [3.8, 4) is 0 Å². The number of hydrogen-bond donors (Lipinski definition) is 0. The fourth-order valence-electron chi connectivity index (χ4n) is 1.94. The maximum absolute atomic E-state index is 6.24. The maximum atomic E-state index is 6.24. The van der Waals surface area contributed by atoms with Crippen LogP contribution in [0, 0.1) is 0 Å². The van der Waals surface area contributed by atoms with Crippen LogP contribution in [-0.4, -0.2) is 21.1 Å². The lowest BCUT2D eigenvalue weighted by molar-refractivity contribution is 0.665. The second-order valence-corrected chi connectivity index (χ2v) is 7.22. The summed E-state index contributed by atoms with van der Waals surface area (Å²) in [5.41, 5.74) is 2.15. The van der Waals surface area contributed by atoms with E-state index in [4.69, 9.17) is 11.6 Å². The van der Waals surface area contributed by atoms with E-state index in [-0.39, 0.29) is 5.38 Å². The fourth-order valence-corrected chi connectivity index (χ4v) is 2.76. The Morgan fingerprint density at radius 1 is 1.44 bits per heavy atom. The number of alkyl halides is 1. The van der Waals surface area contributed by atoms with Crippen LogP contribution in [0.2, 0.25) is 0 Å². The number of aromatic nitrogens is 2. The van der Waals surface area contributed by atoms with Crippen molar-refractivity contribution in [3.05, 3.63) is 28.5 Å². The highest BCUT2D eigenvalue weighted by atomic mass is 79.9. The second-order valence-electron chi connectivity index (χ2n) is 4.38. The molecule has 2 aromatic rings. The van der Waals surface area contributed by atoms with Gasteiger partial charge in [0.1, 0.15) is 5.82 Å². The molecule has 1 aromatic heterocycles. The summed E-state index contributed by atoms with van der Waals surface area (Å²) in [6.45, 7) is 5.12. The van der Waals surface area contributed by atoms with E-state index < -0.39 is 0 Å². The summed E-state index contributed by atoms with van der Waals surface area (Å²) in [4.78, 5) is 4.64. The highest BCUT2D eigenvalue weighted by molar-refractivity contribution is 9.10. The van der Waals surface area contributed by atoms with Crippen LogP contribution < -0.4 is 0 Å². The minimum atomic E-state index is -0.0785. The molecule has 18 heavy (non-hydrogen) atoms. The standard InChI is InChI=1S/C13H16BrClN2S/c1-8(18-3)7-17-12-6-10(14)4-5-11(12)16-13(17)9(2)15/h4-6,8-9H,7H2,1-3H3. The van der Waals surface area contributed by atoms with Crippen molar-refractivity contribution < 1.29 is 0 Å². The number of thioether (sulfide) groups is 1.